The number of hydrogen-bond donors (Lipinski definition) is 1. The van der Waals surface area contributed by atoms with Crippen LogP contribution < -0.4 is 5.06 Å². The third-order valence-corrected chi connectivity index (χ3v) is 4.23. The van der Waals surface area contributed by atoms with Crippen LogP contribution >= 0.6 is 0 Å². The summed E-state index contributed by atoms with van der Waals surface area (Å²) in [5, 5.41) is 10.6. The van der Waals surface area contributed by atoms with Crippen molar-refractivity contribution in [3.8, 4) is 0 Å². The molecule has 1 aromatic rings. The molecule has 0 fully saturated rings. The highest BCUT2D eigenvalue weighted by Gasteiger charge is 2.11. The molecule has 0 saturated carbocycles. The van der Waals surface area contributed by atoms with E-state index in [1.165, 1.54) is 57.8 Å². The lowest BCUT2D eigenvalue weighted by atomic mass is 10.1. The van der Waals surface area contributed by atoms with Crippen LogP contribution in [0, 0.1) is 0 Å². The molecule has 0 unspecified atom stereocenters. The van der Waals surface area contributed by atoms with Gasteiger partial charge in [-0.3, -0.25) is 10.0 Å². The van der Waals surface area contributed by atoms with Crippen molar-refractivity contribution in [1.82, 2.24) is 0 Å². The Hall–Kier alpha value is -1.35. The molecule has 0 aliphatic rings. The Morgan fingerprint density at radius 1 is 0.826 bits per heavy atom. The first-order valence-electron chi connectivity index (χ1n) is 9.32. The summed E-state index contributed by atoms with van der Waals surface area (Å²) >= 11 is 0. The van der Waals surface area contributed by atoms with Crippen molar-refractivity contribution in [2.75, 3.05) is 5.06 Å². The summed E-state index contributed by atoms with van der Waals surface area (Å²) in [6.07, 6.45) is 14.3. The summed E-state index contributed by atoms with van der Waals surface area (Å²) in [5.41, 5.74) is 0.542. The number of carbonyl (C=O) groups is 1. The van der Waals surface area contributed by atoms with Crippen molar-refractivity contribution >= 4 is 11.6 Å². The van der Waals surface area contributed by atoms with Gasteiger partial charge in [0.2, 0.25) is 0 Å². The van der Waals surface area contributed by atoms with Gasteiger partial charge in [-0.25, -0.2) is 0 Å². The summed E-state index contributed by atoms with van der Waals surface area (Å²) in [6.45, 7) is 2.25. The number of benzene rings is 1. The minimum Gasteiger partial charge on any atom is -0.281 e. The SMILES string of the molecule is CCCCCCCCCCCCCC(=O)N(O)c1ccccc1. The van der Waals surface area contributed by atoms with Crippen molar-refractivity contribution < 1.29 is 10.0 Å². The Morgan fingerprint density at radius 3 is 1.83 bits per heavy atom. The maximum Gasteiger partial charge on any atom is 0.250 e. The third-order valence-electron chi connectivity index (χ3n) is 4.23. The van der Waals surface area contributed by atoms with Gasteiger partial charge in [-0.05, 0) is 18.6 Å². The molecule has 0 atom stereocenters. The molecule has 23 heavy (non-hydrogen) atoms. The zero-order valence-electron chi connectivity index (χ0n) is 14.7. The second kappa shape index (κ2) is 13.1. The summed E-state index contributed by atoms with van der Waals surface area (Å²) in [4.78, 5) is 11.9. The van der Waals surface area contributed by atoms with Gasteiger partial charge in [0.05, 0.1) is 5.69 Å². The van der Waals surface area contributed by atoms with Crippen molar-refractivity contribution in [3.63, 3.8) is 0 Å². The molecule has 0 aromatic heterocycles. The van der Waals surface area contributed by atoms with Gasteiger partial charge >= 0.3 is 0 Å². The van der Waals surface area contributed by atoms with Crippen LogP contribution in [0.5, 0.6) is 0 Å². The molecule has 0 radical (unpaired) electrons. The van der Waals surface area contributed by atoms with Crippen molar-refractivity contribution in [3.05, 3.63) is 30.3 Å². The quantitative estimate of drug-likeness (QED) is 0.271. The zero-order valence-corrected chi connectivity index (χ0v) is 14.7. The Balaban J connectivity index is 1.95. The van der Waals surface area contributed by atoms with E-state index in [4.69, 9.17) is 0 Å². The number of nitrogens with zero attached hydrogens (tertiary/aromatic N) is 1. The fraction of sp³-hybridized carbons (Fsp3) is 0.650. The van der Waals surface area contributed by atoms with Gasteiger partial charge in [0.1, 0.15) is 0 Å². The Bertz CT molecular complexity index is 405. The lowest BCUT2D eigenvalue weighted by Gasteiger charge is -2.14. The molecular formula is C20H33NO2. The predicted octanol–water partition coefficient (Wildman–Crippen LogP) is 6.11. The molecule has 1 aromatic carbocycles. The van der Waals surface area contributed by atoms with Gasteiger partial charge in [0, 0.05) is 6.42 Å². The first kappa shape index (κ1) is 19.7. The molecule has 3 nitrogen and oxygen atoms in total. The first-order chi connectivity index (χ1) is 11.3. The van der Waals surface area contributed by atoms with E-state index in [1.54, 1.807) is 12.1 Å². The molecule has 3 heteroatoms. The second-order valence-corrected chi connectivity index (χ2v) is 6.33. The maximum absolute atomic E-state index is 11.9. The first-order valence-corrected chi connectivity index (χ1v) is 9.32. The molecule has 0 aliphatic carbocycles. The van der Waals surface area contributed by atoms with Crippen LogP contribution in [-0.4, -0.2) is 11.1 Å². The standard InChI is InChI=1S/C20H33NO2/c1-2-3-4-5-6-7-8-9-10-11-15-18-20(22)21(23)19-16-13-12-14-17-19/h12-14,16-17,23H,2-11,15,18H2,1H3. The average molecular weight is 319 g/mol. The van der Waals surface area contributed by atoms with Gasteiger partial charge in [0.25, 0.3) is 5.91 Å². The Labute approximate surface area is 141 Å². The van der Waals surface area contributed by atoms with E-state index in [1.807, 2.05) is 18.2 Å². The van der Waals surface area contributed by atoms with Crippen molar-refractivity contribution in [2.45, 2.75) is 84.0 Å². The predicted molar refractivity (Wildman–Crippen MR) is 96.8 cm³/mol. The number of unbranched alkanes of at least 4 members (excludes halogenated alkanes) is 10. The van der Waals surface area contributed by atoms with E-state index in [0.717, 1.165) is 17.9 Å². The molecule has 1 rings (SSSR count). The van der Waals surface area contributed by atoms with Crippen LogP contribution in [0.1, 0.15) is 84.0 Å². The second-order valence-electron chi connectivity index (χ2n) is 6.33. The van der Waals surface area contributed by atoms with Crippen LogP contribution in [0.3, 0.4) is 0 Å². The number of hydrogen-bond acceptors (Lipinski definition) is 2. The van der Waals surface area contributed by atoms with Crippen LogP contribution in [0.2, 0.25) is 0 Å². The molecule has 0 heterocycles. The van der Waals surface area contributed by atoms with Crippen LogP contribution in [0.15, 0.2) is 30.3 Å². The van der Waals surface area contributed by atoms with E-state index in [2.05, 4.69) is 6.92 Å². The topological polar surface area (TPSA) is 40.5 Å². The molecule has 0 saturated heterocycles. The molecule has 0 aliphatic heterocycles. The van der Waals surface area contributed by atoms with Gasteiger partial charge in [-0.1, -0.05) is 89.3 Å². The third kappa shape index (κ3) is 9.39. The largest absolute Gasteiger partial charge is 0.281 e. The molecular weight excluding hydrogens is 286 g/mol. The van der Waals surface area contributed by atoms with E-state index >= 15 is 0 Å². The average Bonchev–Trinajstić information content (AvgIpc) is 2.59. The number of hydroxylamine groups is 1. The lowest BCUT2D eigenvalue weighted by Crippen LogP contribution is -2.26. The number of anilines is 1. The number of carbonyl (C=O) groups excluding carboxylic acids is 1. The van der Waals surface area contributed by atoms with E-state index in [0.29, 0.717) is 12.1 Å². The zero-order chi connectivity index (χ0) is 16.8. The summed E-state index contributed by atoms with van der Waals surface area (Å²) in [5.74, 6) is -0.216. The van der Waals surface area contributed by atoms with E-state index < -0.39 is 0 Å². The highest BCUT2D eigenvalue weighted by molar-refractivity contribution is 5.90. The van der Waals surface area contributed by atoms with Gasteiger partial charge in [-0.15, -0.1) is 0 Å². The van der Waals surface area contributed by atoms with Gasteiger partial charge in [0.15, 0.2) is 0 Å². The fourth-order valence-corrected chi connectivity index (χ4v) is 2.76. The van der Waals surface area contributed by atoms with Crippen molar-refractivity contribution in [2.24, 2.45) is 0 Å². The van der Waals surface area contributed by atoms with Crippen LogP contribution in [0.25, 0.3) is 0 Å². The summed E-state index contributed by atoms with van der Waals surface area (Å²) in [7, 11) is 0. The van der Waals surface area contributed by atoms with Crippen molar-refractivity contribution in [1.29, 1.82) is 0 Å². The van der Waals surface area contributed by atoms with Gasteiger partial charge < -0.3 is 0 Å². The molecule has 0 spiro atoms. The molecule has 1 N–H and O–H groups in total. The molecule has 0 bridgehead atoms. The van der Waals surface area contributed by atoms with Crippen LogP contribution in [-0.2, 0) is 4.79 Å². The highest BCUT2D eigenvalue weighted by Crippen LogP contribution is 2.15. The Kier molecular flexibility index (Phi) is 11.2. The number of amides is 1. The highest BCUT2D eigenvalue weighted by atomic mass is 16.5. The van der Waals surface area contributed by atoms with E-state index in [-0.39, 0.29) is 5.91 Å². The molecule has 130 valence electrons. The minimum atomic E-state index is -0.216. The monoisotopic (exact) mass is 319 g/mol. The minimum absolute atomic E-state index is 0.216. The normalized spacial score (nSPS) is 10.7. The summed E-state index contributed by atoms with van der Waals surface area (Å²) < 4.78 is 0. The Morgan fingerprint density at radius 2 is 1.30 bits per heavy atom. The number of rotatable bonds is 13. The fourth-order valence-electron chi connectivity index (χ4n) is 2.76. The molecule has 1 amide bonds. The van der Waals surface area contributed by atoms with Gasteiger partial charge in [-0.2, -0.15) is 5.06 Å². The summed E-state index contributed by atoms with van der Waals surface area (Å²) in [6, 6.07) is 8.96. The van der Waals surface area contributed by atoms with Crippen LogP contribution in [0.4, 0.5) is 5.69 Å². The maximum atomic E-state index is 11.9. The van der Waals surface area contributed by atoms with E-state index in [9.17, 15) is 10.0 Å². The lowest BCUT2D eigenvalue weighted by molar-refractivity contribution is -0.123. The smallest absolute Gasteiger partial charge is 0.250 e. The number of para-hydroxylation sites is 1.